The molecule has 6 heteroatoms. The molecule has 0 aliphatic carbocycles. The third kappa shape index (κ3) is 4.50. The number of carbonyl (C=O) groups is 2. The second-order valence-corrected chi connectivity index (χ2v) is 3.93. The first-order chi connectivity index (χ1) is 8.65. The minimum atomic E-state index is -0.209. The maximum atomic E-state index is 11.6. The van der Waals surface area contributed by atoms with Gasteiger partial charge in [0.05, 0.1) is 5.56 Å². The quantitative estimate of drug-likeness (QED) is 0.594. The van der Waals surface area contributed by atoms with Gasteiger partial charge in [-0.2, -0.15) is 0 Å². The van der Waals surface area contributed by atoms with Gasteiger partial charge in [0, 0.05) is 37.9 Å². The standard InChI is InChI=1S/C12H18N4O2/c1-9(7-13)11(17)15-5-6-16-12(18)10-3-2-4-14-8-10/h2-4,8-9H,5-7,13H2,1H3,(H,15,17)(H,16,18). The summed E-state index contributed by atoms with van der Waals surface area (Å²) >= 11 is 0. The Morgan fingerprint density at radius 3 is 2.72 bits per heavy atom. The molecule has 0 radical (unpaired) electrons. The van der Waals surface area contributed by atoms with Crippen molar-refractivity contribution < 1.29 is 9.59 Å². The average molecular weight is 250 g/mol. The molecule has 0 bridgehead atoms. The summed E-state index contributed by atoms with van der Waals surface area (Å²) in [5.74, 6) is -0.517. The predicted octanol–water partition coefficient (Wildman–Crippen LogP) is -0.478. The molecule has 18 heavy (non-hydrogen) atoms. The second-order valence-electron chi connectivity index (χ2n) is 3.93. The first-order valence-corrected chi connectivity index (χ1v) is 5.81. The van der Waals surface area contributed by atoms with Crippen LogP contribution in [0.4, 0.5) is 0 Å². The van der Waals surface area contributed by atoms with Gasteiger partial charge in [-0.15, -0.1) is 0 Å². The molecular weight excluding hydrogens is 232 g/mol. The van der Waals surface area contributed by atoms with Gasteiger partial charge in [0.25, 0.3) is 5.91 Å². The number of nitrogens with zero attached hydrogens (tertiary/aromatic N) is 1. The van der Waals surface area contributed by atoms with E-state index in [4.69, 9.17) is 5.73 Å². The molecule has 0 aromatic carbocycles. The van der Waals surface area contributed by atoms with Crippen molar-refractivity contribution in [3.05, 3.63) is 30.1 Å². The Bertz CT molecular complexity index is 394. The van der Waals surface area contributed by atoms with Crippen molar-refractivity contribution in [2.45, 2.75) is 6.92 Å². The molecule has 6 nitrogen and oxygen atoms in total. The first-order valence-electron chi connectivity index (χ1n) is 5.81. The number of nitrogens with one attached hydrogen (secondary N) is 2. The number of carbonyl (C=O) groups excluding carboxylic acids is 2. The van der Waals surface area contributed by atoms with Crippen LogP contribution in [0.15, 0.2) is 24.5 Å². The van der Waals surface area contributed by atoms with Crippen LogP contribution in [0, 0.1) is 5.92 Å². The van der Waals surface area contributed by atoms with E-state index in [0.29, 0.717) is 25.2 Å². The largest absolute Gasteiger partial charge is 0.354 e. The van der Waals surface area contributed by atoms with Gasteiger partial charge in [0.1, 0.15) is 0 Å². The van der Waals surface area contributed by atoms with Crippen LogP contribution in [0.25, 0.3) is 0 Å². The molecule has 0 spiro atoms. The van der Waals surface area contributed by atoms with E-state index in [1.165, 1.54) is 6.20 Å². The highest BCUT2D eigenvalue weighted by atomic mass is 16.2. The van der Waals surface area contributed by atoms with Crippen molar-refractivity contribution in [1.29, 1.82) is 0 Å². The maximum absolute atomic E-state index is 11.6. The van der Waals surface area contributed by atoms with Crippen molar-refractivity contribution in [2.24, 2.45) is 11.7 Å². The maximum Gasteiger partial charge on any atom is 0.252 e. The summed E-state index contributed by atoms with van der Waals surface area (Å²) in [6.07, 6.45) is 3.09. The van der Waals surface area contributed by atoms with Crippen LogP contribution in [-0.2, 0) is 4.79 Å². The molecule has 1 heterocycles. The lowest BCUT2D eigenvalue weighted by molar-refractivity contribution is -0.124. The molecule has 1 rings (SSSR count). The van der Waals surface area contributed by atoms with Crippen molar-refractivity contribution in [3.63, 3.8) is 0 Å². The zero-order chi connectivity index (χ0) is 13.4. The smallest absolute Gasteiger partial charge is 0.252 e. The van der Waals surface area contributed by atoms with Gasteiger partial charge in [-0.1, -0.05) is 6.92 Å². The van der Waals surface area contributed by atoms with Crippen molar-refractivity contribution >= 4 is 11.8 Å². The van der Waals surface area contributed by atoms with E-state index in [2.05, 4.69) is 15.6 Å². The number of rotatable bonds is 6. The first kappa shape index (κ1) is 14.1. The van der Waals surface area contributed by atoms with E-state index in [1.807, 2.05) is 0 Å². The number of amides is 2. The molecule has 2 amide bonds. The van der Waals surface area contributed by atoms with Gasteiger partial charge in [-0.25, -0.2) is 0 Å². The second kappa shape index (κ2) is 7.39. The van der Waals surface area contributed by atoms with E-state index >= 15 is 0 Å². The molecule has 1 aromatic heterocycles. The number of nitrogens with two attached hydrogens (primary N) is 1. The number of hydrogen-bond donors (Lipinski definition) is 3. The van der Waals surface area contributed by atoms with E-state index in [-0.39, 0.29) is 17.7 Å². The zero-order valence-corrected chi connectivity index (χ0v) is 10.3. The van der Waals surface area contributed by atoms with Crippen LogP contribution in [0.5, 0.6) is 0 Å². The topological polar surface area (TPSA) is 97.1 Å². The third-order valence-electron chi connectivity index (χ3n) is 2.43. The van der Waals surface area contributed by atoms with Gasteiger partial charge in [0.2, 0.25) is 5.91 Å². The molecule has 1 unspecified atom stereocenters. The summed E-state index contributed by atoms with van der Waals surface area (Å²) in [6.45, 7) is 2.82. The Morgan fingerprint density at radius 1 is 1.39 bits per heavy atom. The highest BCUT2D eigenvalue weighted by molar-refractivity contribution is 5.93. The Hall–Kier alpha value is -1.95. The summed E-state index contributed by atoms with van der Waals surface area (Å²) in [6, 6.07) is 3.37. The Balaban J connectivity index is 2.23. The van der Waals surface area contributed by atoms with Crippen molar-refractivity contribution in [2.75, 3.05) is 19.6 Å². The van der Waals surface area contributed by atoms with Crippen molar-refractivity contribution in [3.8, 4) is 0 Å². The predicted molar refractivity (Wildman–Crippen MR) is 67.8 cm³/mol. The van der Waals surface area contributed by atoms with Gasteiger partial charge in [0.15, 0.2) is 0 Å². The fourth-order valence-corrected chi connectivity index (χ4v) is 1.24. The lowest BCUT2D eigenvalue weighted by atomic mass is 10.2. The molecule has 98 valence electrons. The molecule has 0 aliphatic rings. The molecule has 1 atom stereocenters. The van der Waals surface area contributed by atoms with E-state index in [0.717, 1.165) is 0 Å². The molecule has 0 saturated heterocycles. The van der Waals surface area contributed by atoms with Crippen LogP contribution < -0.4 is 16.4 Å². The van der Waals surface area contributed by atoms with Gasteiger partial charge in [-0.3, -0.25) is 14.6 Å². The fourth-order valence-electron chi connectivity index (χ4n) is 1.24. The third-order valence-corrected chi connectivity index (χ3v) is 2.43. The van der Waals surface area contributed by atoms with Gasteiger partial charge >= 0.3 is 0 Å². The molecule has 4 N–H and O–H groups in total. The fraction of sp³-hybridized carbons (Fsp3) is 0.417. The minimum Gasteiger partial charge on any atom is -0.354 e. The zero-order valence-electron chi connectivity index (χ0n) is 10.3. The minimum absolute atomic E-state index is 0.104. The number of aromatic nitrogens is 1. The lowest BCUT2D eigenvalue weighted by Gasteiger charge is -2.10. The molecule has 0 saturated carbocycles. The van der Waals surface area contributed by atoms with Crippen LogP contribution in [0.1, 0.15) is 17.3 Å². The summed E-state index contributed by atoms with van der Waals surface area (Å²) in [4.78, 5) is 26.8. The summed E-state index contributed by atoms with van der Waals surface area (Å²) < 4.78 is 0. The average Bonchev–Trinajstić information content (AvgIpc) is 2.43. The Kier molecular flexibility index (Phi) is 5.79. The van der Waals surface area contributed by atoms with Crippen LogP contribution in [-0.4, -0.2) is 36.4 Å². The monoisotopic (exact) mass is 250 g/mol. The summed E-state index contributed by atoms with van der Waals surface area (Å²) in [7, 11) is 0. The SMILES string of the molecule is CC(CN)C(=O)NCCNC(=O)c1cccnc1. The van der Waals surface area contributed by atoms with E-state index in [1.54, 1.807) is 25.3 Å². The highest BCUT2D eigenvalue weighted by Gasteiger charge is 2.09. The summed E-state index contributed by atoms with van der Waals surface area (Å²) in [5.41, 5.74) is 5.86. The van der Waals surface area contributed by atoms with E-state index < -0.39 is 0 Å². The number of hydrogen-bond acceptors (Lipinski definition) is 4. The van der Waals surface area contributed by atoms with Crippen molar-refractivity contribution in [1.82, 2.24) is 15.6 Å². The van der Waals surface area contributed by atoms with Crippen LogP contribution in [0.2, 0.25) is 0 Å². The molecule has 1 aromatic rings. The molecule has 0 fully saturated rings. The van der Waals surface area contributed by atoms with Crippen LogP contribution >= 0.6 is 0 Å². The normalized spacial score (nSPS) is 11.7. The van der Waals surface area contributed by atoms with Gasteiger partial charge in [-0.05, 0) is 12.1 Å². The molecule has 0 aliphatic heterocycles. The van der Waals surface area contributed by atoms with Crippen LogP contribution in [0.3, 0.4) is 0 Å². The highest BCUT2D eigenvalue weighted by Crippen LogP contribution is 1.94. The van der Waals surface area contributed by atoms with Gasteiger partial charge < -0.3 is 16.4 Å². The molecular formula is C12H18N4O2. The van der Waals surface area contributed by atoms with E-state index in [9.17, 15) is 9.59 Å². The Morgan fingerprint density at radius 2 is 2.11 bits per heavy atom. The number of pyridine rings is 1. The lowest BCUT2D eigenvalue weighted by Crippen LogP contribution is -2.38. The summed E-state index contributed by atoms with van der Waals surface area (Å²) in [5, 5.41) is 5.38. The Labute approximate surface area is 106 Å².